The van der Waals surface area contributed by atoms with Crippen molar-refractivity contribution in [3.05, 3.63) is 58.6 Å². The van der Waals surface area contributed by atoms with Crippen LogP contribution in [0.2, 0.25) is 5.02 Å². The van der Waals surface area contributed by atoms with E-state index in [9.17, 15) is 9.59 Å². The molecule has 0 spiro atoms. The Labute approximate surface area is 162 Å². The Bertz CT molecular complexity index is 844. The number of esters is 1. The highest BCUT2D eigenvalue weighted by Gasteiger charge is 2.09. The lowest BCUT2D eigenvalue weighted by Gasteiger charge is -2.09. The number of amides is 1. The molecule has 0 unspecified atom stereocenters. The monoisotopic (exact) mass is 386 g/mol. The van der Waals surface area contributed by atoms with Crippen LogP contribution in [0.5, 0.6) is 5.75 Å². The van der Waals surface area contributed by atoms with Crippen molar-refractivity contribution in [2.75, 3.05) is 18.5 Å². The van der Waals surface area contributed by atoms with Gasteiger partial charge in [-0.05, 0) is 48.9 Å². The zero-order valence-electron chi connectivity index (χ0n) is 14.8. The van der Waals surface area contributed by atoms with Crippen molar-refractivity contribution in [1.82, 2.24) is 0 Å². The second-order valence-electron chi connectivity index (χ2n) is 5.66. The summed E-state index contributed by atoms with van der Waals surface area (Å²) in [6.45, 7) is 2.17. The van der Waals surface area contributed by atoms with E-state index in [4.69, 9.17) is 26.3 Å². The van der Waals surface area contributed by atoms with Gasteiger partial charge >= 0.3 is 5.97 Å². The van der Waals surface area contributed by atoms with Crippen molar-refractivity contribution in [1.29, 1.82) is 5.26 Å². The molecule has 2 aromatic rings. The molecule has 2 aromatic carbocycles. The Morgan fingerprint density at radius 2 is 1.93 bits per heavy atom. The fourth-order valence-electron chi connectivity index (χ4n) is 2.11. The van der Waals surface area contributed by atoms with Crippen LogP contribution in [-0.2, 0) is 9.53 Å². The zero-order valence-corrected chi connectivity index (χ0v) is 15.6. The number of rotatable bonds is 8. The summed E-state index contributed by atoms with van der Waals surface area (Å²) in [7, 11) is 0. The second-order valence-corrected chi connectivity index (χ2v) is 6.07. The third-order valence-corrected chi connectivity index (χ3v) is 3.85. The first kappa shape index (κ1) is 20.3. The third kappa shape index (κ3) is 6.32. The maximum Gasteiger partial charge on any atom is 0.338 e. The molecule has 0 aliphatic rings. The lowest BCUT2D eigenvalue weighted by Crippen LogP contribution is -2.20. The van der Waals surface area contributed by atoms with Gasteiger partial charge in [-0.1, -0.05) is 24.9 Å². The summed E-state index contributed by atoms with van der Waals surface area (Å²) in [4.78, 5) is 23.8. The first-order valence-electron chi connectivity index (χ1n) is 8.43. The van der Waals surface area contributed by atoms with E-state index >= 15 is 0 Å². The smallest absolute Gasteiger partial charge is 0.338 e. The van der Waals surface area contributed by atoms with E-state index in [1.54, 1.807) is 30.3 Å². The predicted molar refractivity (Wildman–Crippen MR) is 102 cm³/mol. The fraction of sp³-hybridized carbons (Fsp3) is 0.250. The molecule has 6 nitrogen and oxygen atoms in total. The number of halogens is 1. The number of hydrogen-bond donors (Lipinski definition) is 1. The molecule has 0 aliphatic heterocycles. The van der Waals surface area contributed by atoms with Gasteiger partial charge < -0.3 is 14.8 Å². The number of unbranched alkanes of at least 4 members (excludes halogenated alkanes) is 1. The van der Waals surface area contributed by atoms with Crippen molar-refractivity contribution in [3.8, 4) is 11.8 Å². The number of nitrogens with zero attached hydrogens (tertiary/aromatic N) is 1. The van der Waals surface area contributed by atoms with Gasteiger partial charge in [0.1, 0.15) is 5.75 Å². The van der Waals surface area contributed by atoms with Crippen molar-refractivity contribution < 1.29 is 19.1 Å². The first-order valence-corrected chi connectivity index (χ1v) is 8.80. The molecule has 140 valence electrons. The number of anilines is 1. The summed E-state index contributed by atoms with van der Waals surface area (Å²) in [5.41, 5.74) is 1.36. The molecule has 2 rings (SSSR count). The van der Waals surface area contributed by atoms with Crippen LogP contribution in [0.4, 0.5) is 5.69 Å². The summed E-state index contributed by atoms with van der Waals surface area (Å²) in [6.07, 6.45) is 1.77. The third-order valence-electron chi connectivity index (χ3n) is 3.56. The summed E-state index contributed by atoms with van der Waals surface area (Å²) in [6, 6.07) is 12.9. The van der Waals surface area contributed by atoms with Crippen LogP contribution in [0.3, 0.4) is 0 Å². The minimum absolute atomic E-state index is 0.244. The van der Waals surface area contributed by atoms with Gasteiger partial charge in [0.2, 0.25) is 0 Å². The molecule has 0 aromatic heterocycles. The van der Waals surface area contributed by atoms with Gasteiger partial charge in [-0.15, -0.1) is 0 Å². The highest BCUT2D eigenvalue weighted by molar-refractivity contribution is 6.32. The largest absolute Gasteiger partial charge is 0.482 e. The van der Waals surface area contributed by atoms with Crippen LogP contribution in [0.1, 0.15) is 35.7 Å². The summed E-state index contributed by atoms with van der Waals surface area (Å²) < 4.78 is 10.5. The maximum absolute atomic E-state index is 12.0. The minimum Gasteiger partial charge on any atom is -0.482 e. The molecule has 0 aliphatic carbocycles. The minimum atomic E-state index is -0.389. The van der Waals surface area contributed by atoms with Gasteiger partial charge in [0, 0.05) is 5.69 Å². The van der Waals surface area contributed by atoms with Gasteiger partial charge in [-0.2, -0.15) is 5.26 Å². The van der Waals surface area contributed by atoms with Gasteiger partial charge in [0.25, 0.3) is 5.91 Å². The van der Waals surface area contributed by atoms with E-state index in [1.165, 1.54) is 12.1 Å². The molecular formula is C20H19ClN2O4. The normalized spacial score (nSPS) is 9.96. The molecule has 0 fully saturated rings. The van der Waals surface area contributed by atoms with Crippen molar-refractivity contribution in [2.24, 2.45) is 0 Å². The van der Waals surface area contributed by atoms with Gasteiger partial charge in [-0.3, -0.25) is 4.79 Å². The average Bonchev–Trinajstić information content (AvgIpc) is 2.67. The van der Waals surface area contributed by atoms with E-state index in [1.807, 2.05) is 13.0 Å². The first-order chi connectivity index (χ1) is 13.0. The van der Waals surface area contributed by atoms with Crippen LogP contribution >= 0.6 is 11.6 Å². The van der Waals surface area contributed by atoms with Crippen molar-refractivity contribution >= 4 is 29.2 Å². The standard InChI is InChI=1S/C20H19ClN2O4/c1-2-3-10-26-20(25)15-5-7-16(8-6-15)23-19(24)13-27-18-9-4-14(12-22)11-17(18)21/h4-9,11H,2-3,10,13H2,1H3,(H,23,24). The molecule has 0 atom stereocenters. The van der Waals surface area contributed by atoms with Crippen LogP contribution in [0, 0.1) is 11.3 Å². The molecular weight excluding hydrogens is 368 g/mol. The lowest BCUT2D eigenvalue weighted by molar-refractivity contribution is -0.118. The number of nitriles is 1. The summed E-state index contributed by atoms with van der Waals surface area (Å²) in [5.74, 6) is -0.454. The number of carbonyl (C=O) groups is 2. The molecule has 1 N–H and O–H groups in total. The second kappa shape index (κ2) is 10.2. The molecule has 7 heteroatoms. The number of nitrogens with one attached hydrogen (secondary N) is 1. The van der Waals surface area contributed by atoms with E-state index < -0.39 is 0 Å². The molecule has 1 amide bonds. The van der Waals surface area contributed by atoms with Gasteiger partial charge in [0.05, 0.1) is 28.8 Å². The van der Waals surface area contributed by atoms with Crippen molar-refractivity contribution in [2.45, 2.75) is 19.8 Å². The quantitative estimate of drug-likeness (QED) is 0.543. The fourth-order valence-corrected chi connectivity index (χ4v) is 2.35. The van der Waals surface area contributed by atoms with Gasteiger partial charge in [-0.25, -0.2) is 4.79 Å². The van der Waals surface area contributed by atoms with Crippen LogP contribution in [0.15, 0.2) is 42.5 Å². The van der Waals surface area contributed by atoms with E-state index in [2.05, 4.69) is 5.32 Å². The van der Waals surface area contributed by atoms with Crippen molar-refractivity contribution in [3.63, 3.8) is 0 Å². The number of hydrogen-bond acceptors (Lipinski definition) is 5. The Morgan fingerprint density at radius 3 is 2.56 bits per heavy atom. The Morgan fingerprint density at radius 1 is 1.19 bits per heavy atom. The zero-order chi connectivity index (χ0) is 19.6. The maximum atomic E-state index is 12.0. The number of carbonyl (C=O) groups excluding carboxylic acids is 2. The Hall–Kier alpha value is -3.04. The SMILES string of the molecule is CCCCOC(=O)c1ccc(NC(=O)COc2ccc(C#N)cc2Cl)cc1. The average molecular weight is 387 g/mol. The summed E-state index contributed by atoms with van der Waals surface area (Å²) in [5, 5.41) is 11.7. The lowest BCUT2D eigenvalue weighted by atomic mass is 10.2. The topological polar surface area (TPSA) is 88.4 Å². The molecule has 0 bridgehead atoms. The summed E-state index contributed by atoms with van der Waals surface area (Å²) >= 11 is 5.99. The van der Waals surface area contributed by atoms with Gasteiger partial charge in [0.15, 0.2) is 6.61 Å². The Kier molecular flexibility index (Phi) is 7.65. The van der Waals surface area contributed by atoms with E-state index in [-0.39, 0.29) is 23.5 Å². The highest BCUT2D eigenvalue weighted by atomic mass is 35.5. The number of benzene rings is 2. The van der Waals surface area contributed by atoms with Crippen LogP contribution in [-0.4, -0.2) is 25.1 Å². The van der Waals surface area contributed by atoms with E-state index in [0.717, 1.165) is 12.8 Å². The van der Waals surface area contributed by atoms with Crippen LogP contribution < -0.4 is 10.1 Å². The number of ether oxygens (including phenoxy) is 2. The van der Waals surface area contributed by atoms with E-state index in [0.29, 0.717) is 29.2 Å². The molecule has 0 heterocycles. The molecule has 27 heavy (non-hydrogen) atoms. The molecule has 0 saturated carbocycles. The predicted octanol–water partition coefficient (Wildman–Crippen LogP) is 4.19. The molecule has 0 radical (unpaired) electrons. The Balaban J connectivity index is 1.85. The molecule has 0 saturated heterocycles. The van der Waals surface area contributed by atoms with Crippen LogP contribution in [0.25, 0.3) is 0 Å². The highest BCUT2D eigenvalue weighted by Crippen LogP contribution is 2.25.